The molecule has 0 spiro atoms. The Hall–Kier alpha value is -1.95. The SMILES string of the molecule is O=[N+]([O-])c1ccc(O[n+]2cccc(Br)c2)cc1. The molecule has 86 valence electrons. The van der Waals surface area contributed by atoms with Crippen LogP contribution in [0.1, 0.15) is 0 Å². The molecule has 0 bridgehead atoms. The molecule has 5 nitrogen and oxygen atoms in total. The van der Waals surface area contributed by atoms with E-state index in [9.17, 15) is 10.1 Å². The molecule has 0 aliphatic heterocycles. The molecular weight excluding hydrogens is 288 g/mol. The molecule has 0 atom stereocenters. The third-order valence-electron chi connectivity index (χ3n) is 2.00. The van der Waals surface area contributed by atoms with Crippen molar-refractivity contribution in [2.24, 2.45) is 0 Å². The van der Waals surface area contributed by atoms with Crippen molar-refractivity contribution in [2.45, 2.75) is 0 Å². The number of aromatic nitrogens is 1. The van der Waals surface area contributed by atoms with E-state index < -0.39 is 4.92 Å². The second-order valence-electron chi connectivity index (χ2n) is 3.22. The number of halogens is 1. The summed E-state index contributed by atoms with van der Waals surface area (Å²) in [6.45, 7) is 0. The van der Waals surface area contributed by atoms with Crippen LogP contribution in [-0.2, 0) is 0 Å². The van der Waals surface area contributed by atoms with Gasteiger partial charge in [-0.2, -0.15) is 0 Å². The Kier molecular flexibility index (Phi) is 3.34. The number of rotatable bonds is 3. The summed E-state index contributed by atoms with van der Waals surface area (Å²) in [7, 11) is 0. The van der Waals surface area contributed by atoms with Crippen LogP contribution in [0, 0.1) is 10.1 Å². The van der Waals surface area contributed by atoms with Gasteiger partial charge in [-0.1, -0.05) is 0 Å². The lowest BCUT2D eigenvalue weighted by Crippen LogP contribution is -2.38. The molecule has 1 aromatic heterocycles. The van der Waals surface area contributed by atoms with E-state index >= 15 is 0 Å². The van der Waals surface area contributed by atoms with Gasteiger partial charge in [0.15, 0.2) is 0 Å². The zero-order valence-corrected chi connectivity index (χ0v) is 10.2. The van der Waals surface area contributed by atoms with Gasteiger partial charge < -0.3 is 0 Å². The fourth-order valence-corrected chi connectivity index (χ4v) is 1.59. The van der Waals surface area contributed by atoms with Crippen LogP contribution < -0.4 is 9.57 Å². The van der Waals surface area contributed by atoms with Crippen molar-refractivity contribution in [3.8, 4) is 5.75 Å². The molecule has 2 aromatic rings. The first-order chi connectivity index (χ1) is 8.15. The maximum atomic E-state index is 10.5. The third-order valence-corrected chi connectivity index (χ3v) is 2.47. The molecule has 2 rings (SSSR count). The summed E-state index contributed by atoms with van der Waals surface area (Å²) in [5.74, 6) is 0.527. The molecule has 0 aliphatic carbocycles. The molecule has 6 heteroatoms. The first-order valence-corrected chi connectivity index (χ1v) is 5.54. The normalized spacial score (nSPS) is 9.94. The second-order valence-corrected chi connectivity index (χ2v) is 4.14. The van der Waals surface area contributed by atoms with Crippen LogP contribution in [-0.4, -0.2) is 4.92 Å². The van der Waals surface area contributed by atoms with Crippen molar-refractivity contribution >= 4 is 21.6 Å². The molecule has 1 heterocycles. The molecule has 0 radical (unpaired) electrons. The zero-order valence-electron chi connectivity index (χ0n) is 8.62. The average Bonchev–Trinajstić information content (AvgIpc) is 2.29. The molecule has 17 heavy (non-hydrogen) atoms. The summed E-state index contributed by atoms with van der Waals surface area (Å²) in [5.41, 5.74) is 0.0385. The van der Waals surface area contributed by atoms with Crippen LogP contribution >= 0.6 is 15.9 Å². The maximum absolute atomic E-state index is 10.5. The number of nitrogens with zero attached hydrogens (tertiary/aromatic N) is 2. The molecule has 0 saturated heterocycles. The van der Waals surface area contributed by atoms with Crippen LogP contribution in [0.2, 0.25) is 0 Å². The van der Waals surface area contributed by atoms with E-state index in [0.717, 1.165) is 4.47 Å². The zero-order chi connectivity index (χ0) is 12.3. The maximum Gasteiger partial charge on any atom is 0.269 e. The van der Waals surface area contributed by atoms with Crippen molar-refractivity contribution < 1.29 is 14.5 Å². The topological polar surface area (TPSA) is 56.3 Å². The number of non-ortho nitro benzene ring substituents is 1. The first-order valence-electron chi connectivity index (χ1n) is 4.75. The van der Waals surface area contributed by atoms with E-state index in [-0.39, 0.29) is 5.69 Å². The Morgan fingerprint density at radius 1 is 1.24 bits per heavy atom. The molecule has 0 unspecified atom stereocenters. The summed E-state index contributed by atoms with van der Waals surface area (Å²) in [5, 5.41) is 10.5. The van der Waals surface area contributed by atoms with Gasteiger partial charge in [-0.25, -0.2) is 4.84 Å². The number of nitro groups is 1. The highest BCUT2D eigenvalue weighted by molar-refractivity contribution is 9.10. The van der Waals surface area contributed by atoms with Crippen molar-refractivity contribution in [1.29, 1.82) is 0 Å². The Labute approximate surface area is 106 Å². The van der Waals surface area contributed by atoms with Crippen LogP contribution in [0.3, 0.4) is 0 Å². The average molecular weight is 296 g/mol. The lowest BCUT2D eigenvalue weighted by atomic mass is 10.3. The van der Waals surface area contributed by atoms with Gasteiger partial charge in [0, 0.05) is 22.9 Å². The summed E-state index contributed by atoms with van der Waals surface area (Å²) in [6.07, 6.45) is 3.47. The molecule has 0 fully saturated rings. The minimum atomic E-state index is -0.448. The van der Waals surface area contributed by atoms with E-state index in [1.807, 2.05) is 12.1 Å². The highest BCUT2D eigenvalue weighted by Gasteiger charge is 2.08. The molecule has 0 amide bonds. The Morgan fingerprint density at radius 2 is 1.94 bits per heavy atom. The monoisotopic (exact) mass is 295 g/mol. The van der Waals surface area contributed by atoms with E-state index in [1.54, 1.807) is 24.5 Å². The largest absolute Gasteiger partial charge is 0.269 e. The quantitative estimate of drug-likeness (QED) is 0.497. The number of nitro benzene ring substituents is 1. The van der Waals surface area contributed by atoms with Gasteiger partial charge in [-0.05, 0) is 34.1 Å². The van der Waals surface area contributed by atoms with Crippen LogP contribution in [0.15, 0.2) is 53.3 Å². The fourth-order valence-electron chi connectivity index (χ4n) is 1.23. The second kappa shape index (κ2) is 4.92. The minimum Gasteiger partial charge on any atom is -0.258 e. The fraction of sp³-hybridized carbons (Fsp3) is 0. The van der Waals surface area contributed by atoms with Gasteiger partial charge in [0.1, 0.15) is 0 Å². The number of benzene rings is 1. The summed E-state index contributed by atoms with van der Waals surface area (Å²) in [6, 6.07) is 9.57. The highest BCUT2D eigenvalue weighted by atomic mass is 79.9. The standard InChI is InChI=1S/C11H8BrN2O3/c12-9-2-1-7-13(8-9)17-11-5-3-10(4-6-11)14(15)16/h1-8H/q+1. The van der Waals surface area contributed by atoms with Crippen LogP contribution in [0.25, 0.3) is 0 Å². The summed E-state index contributed by atoms with van der Waals surface area (Å²) in [4.78, 5) is 15.5. The van der Waals surface area contributed by atoms with Gasteiger partial charge in [-0.3, -0.25) is 10.1 Å². The molecule has 0 N–H and O–H groups in total. The van der Waals surface area contributed by atoms with Gasteiger partial charge in [0.25, 0.3) is 5.69 Å². The first kappa shape index (κ1) is 11.5. The number of pyridine rings is 1. The molecule has 0 saturated carbocycles. The van der Waals surface area contributed by atoms with Gasteiger partial charge in [0.2, 0.25) is 18.1 Å². The number of hydrogen-bond donors (Lipinski definition) is 0. The smallest absolute Gasteiger partial charge is 0.258 e. The van der Waals surface area contributed by atoms with E-state index in [4.69, 9.17) is 4.84 Å². The predicted octanol–water partition coefficient (Wildman–Crippen LogP) is 2.49. The Bertz CT molecular complexity index is 543. The van der Waals surface area contributed by atoms with Crippen molar-refractivity contribution in [2.75, 3.05) is 0 Å². The molecule has 0 aliphatic rings. The van der Waals surface area contributed by atoms with Crippen molar-refractivity contribution in [3.05, 3.63) is 63.4 Å². The van der Waals surface area contributed by atoms with E-state index in [1.165, 1.54) is 16.9 Å². The third kappa shape index (κ3) is 3.01. The van der Waals surface area contributed by atoms with Gasteiger partial charge in [-0.15, -0.1) is 0 Å². The van der Waals surface area contributed by atoms with Crippen molar-refractivity contribution in [3.63, 3.8) is 0 Å². The van der Waals surface area contributed by atoms with Crippen LogP contribution in [0.4, 0.5) is 5.69 Å². The lowest BCUT2D eigenvalue weighted by Gasteiger charge is -1.97. The van der Waals surface area contributed by atoms with Gasteiger partial charge in [0.05, 0.1) is 9.40 Å². The van der Waals surface area contributed by atoms with Crippen molar-refractivity contribution in [1.82, 2.24) is 0 Å². The predicted molar refractivity (Wildman–Crippen MR) is 63.5 cm³/mol. The summed E-state index contributed by atoms with van der Waals surface area (Å²) >= 11 is 3.32. The van der Waals surface area contributed by atoms with Crippen LogP contribution in [0.5, 0.6) is 5.75 Å². The Morgan fingerprint density at radius 3 is 2.53 bits per heavy atom. The van der Waals surface area contributed by atoms with Gasteiger partial charge >= 0.3 is 0 Å². The van der Waals surface area contributed by atoms with E-state index in [0.29, 0.717) is 5.75 Å². The summed E-state index contributed by atoms with van der Waals surface area (Å²) < 4.78 is 2.38. The highest BCUT2D eigenvalue weighted by Crippen LogP contribution is 2.16. The van der Waals surface area contributed by atoms with E-state index in [2.05, 4.69) is 15.9 Å². The molecule has 1 aromatic carbocycles. The Balaban J connectivity index is 2.16. The molecular formula is C11H8BrN2O3+. The minimum absolute atomic E-state index is 0.0385. The lowest BCUT2D eigenvalue weighted by molar-refractivity contribution is -0.875. The number of hydrogen-bond acceptors (Lipinski definition) is 3.